The first kappa shape index (κ1) is 13.9. The van der Waals surface area contributed by atoms with Gasteiger partial charge in [-0.1, -0.05) is 39.9 Å². The highest BCUT2D eigenvalue weighted by Crippen LogP contribution is 2.33. The number of unbranched alkanes of at least 4 members (excludes halogenated alkanes) is 2. The second-order valence-electron chi connectivity index (χ2n) is 5.59. The summed E-state index contributed by atoms with van der Waals surface area (Å²) in [6.07, 6.45) is 5.70. The molecule has 0 aromatic rings. The van der Waals surface area contributed by atoms with Crippen LogP contribution in [0.25, 0.3) is 0 Å². The van der Waals surface area contributed by atoms with Gasteiger partial charge in [0.15, 0.2) is 0 Å². The maximum Gasteiger partial charge on any atom is 0.124 e. The zero-order valence-corrected chi connectivity index (χ0v) is 11.6. The SMILES string of the molecule is C=CCCCCN[Si](C)(C)C(C)(C)C. The van der Waals surface area contributed by atoms with E-state index in [-0.39, 0.29) is 0 Å². The van der Waals surface area contributed by atoms with E-state index in [1.54, 1.807) is 0 Å². The molecule has 0 amide bonds. The van der Waals surface area contributed by atoms with Crippen molar-refractivity contribution in [2.24, 2.45) is 0 Å². The minimum atomic E-state index is -1.24. The van der Waals surface area contributed by atoms with Gasteiger partial charge in [0, 0.05) is 0 Å². The lowest BCUT2D eigenvalue weighted by atomic mass is 10.2. The van der Waals surface area contributed by atoms with Gasteiger partial charge in [-0.05, 0) is 30.8 Å². The molecule has 0 unspecified atom stereocenters. The van der Waals surface area contributed by atoms with Crippen molar-refractivity contribution in [3.8, 4) is 0 Å². The molecule has 0 radical (unpaired) electrons. The van der Waals surface area contributed by atoms with E-state index in [2.05, 4.69) is 45.4 Å². The van der Waals surface area contributed by atoms with E-state index in [0.717, 1.165) is 6.42 Å². The summed E-state index contributed by atoms with van der Waals surface area (Å²) in [6, 6.07) is 0. The number of nitrogens with one attached hydrogen (secondary N) is 1. The summed E-state index contributed by atoms with van der Waals surface area (Å²) >= 11 is 0. The second kappa shape index (κ2) is 5.71. The Kier molecular flexibility index (Phi) is 5.68. The maximum absolute atomic E-state index is 3.76. The van der Waals surface area contributed by atoms with Gasteiger partial charge in [0.2, 0.25) is 0 Å². The number of rotatable bonds is 6. The average Bonchev–Trinajstić information content (AvgIpc) is 2.02. The van der Waals surface area contributed by atoms with Crippen molar-refractivity contribution < 1.29 is 0 Å². The van der Waals surface area contributed by atoms with Crippen LogP contribution in [0.3, 0.4) is 0 Å². The van der Waals surface area contributed by atoms with E-state index in [4.69, 9.17) is 0 Å². The molecular formula is C12H27NSi. The van der Waals surface area contributed by atoms with E-state index in [0.29, 0.717) is 5.04 Å². The van der Waals surface area contributed by atoms with Crippen LogP contribution in [0.4, 0.5) is 0 Å². The molecule has 0 aliphatic carbocycles. The van der Waals surface area contributed by atoms with E-state index >= 15 is 0 Å². The third kappa shape index (κ3) is 4.96. The Balaban J connectivity index is 3.72. The van der Waals surface area contributed by atoms with E-state index in [9.17, 15) is 0 Å². The molecule has 0 aliphatic heterocycles. The van der Waals surface area contributed by atoms with Crippen LogP contribution >= 0.6 is 0 Å². The van der Waals surface area contributed by atoms with Crippen molar-refractivity contribution in [1.29, 1.82) is 0 Å². The molecule has 0 heterocycles. The van der Waals surface area contributed by atoms with Gasteiger partial charge in [0.1, 0.15) is 8.24 Å². The molecule has 1 N–H and O–H groups in total. The Labute approximate surface area is 91.1 Å². The second-order valence-corrected chi connectivity index (χ2v) is 10.7. The van der Waals surface area contributed by atoms with Gasteiger partial charge in [0.05, 0.1) is 0 Å². The van der Waals surface area contributed by atoms with Crippen molar-refractivity contribution in [2.75, 3.05) is 6.54 Å². The monoisotopic (exact) mass is 213 g/mol. The minimum absolute atomic E-state index is 0.450. The van der Waals surface area contributed by atoms with Gasteiger partial charge in [0.25, 0.3) is 0 Å². The molecule has 0 saturated carbocycles. The Morgan fingerprint density at radius 3 is 2.21 bits per heavy atom. The van der Waals surface area contributed by atoms with Crippen LogP contribution in [0.15, 0.2) is 12.7 Å². The maximum atomic E-state index is 3.76. The van der Waals surface area contributed by atoms with Gasteiger partial charge in [-0.2, -0.15) is 0 Å². The molecular weight excluding hydrogens is 186 g/mol. The Bertz CT molecular complexity index is 168. The molecule has 14 heavy (non-hydrogen) atoms. The summed E-state index contributed by atoms with van der Waals surface area (Å²) < 4.78 is 0. The average molecular weight is 213 g/mol. The Morgan fingerprint density at radius 1 is 1.21 bits per heavy atom. The molecule has 1 nitrogen and oxygen atoms in total. The number of hydrogen-bond acceptors (Lipinski definition) is 1. The molecule has 84 valence electrons. The molecule has 0 spiro atoms. The quantitative estimate of drug-likeness (QED) is 0.400. The Morgan fingerprint density at radius 2 is 1.79 bits per heavy atom. The molecule has 0 aromatic carbocycles. The smallest absolute Gasteiger partial charge is 0.124 e. The highest BCUT2D eigenvalue weighted by atomic mass is 28.3. The van der Waals surface area contributed by atoms with E-state index < -0.39 is 8.24 Å². The van der Waals surface area contributed by atoms with Crippen LogP contribution in [0.1, 0.15) is 40.0 Å². The van der Waals surface area contributed by atoms with Gasteiger partial charge < -0.3 is 4.98 Å². The molecule has 2 heteroatoms. The van der Waals surface area contributed by atoms with Crippen LogP contribution in [0, 0.1) is 0 Å². The Hall–Kier alpha value is -0.0831. The summed E-state index contributed by atoms with van der Waals surface area (Å²) in [4.78, 5) is 3.76. The highest BCUT2D eigenvalue weighted by molar-refractivity contribution is 6.77. The van der Waals surface area contributed by atoms with E-state index in [1.807, 2.05) is 6.08 Å². The first-order chi connectivity index (χ1) is 6.31. The molecule has 0 fully saturated rings. The molecule has 0 bridgehead atoms. The minimum Gasteiger partial charge on any atom is -0.337 e. The standard InChI is InChI=1S/C12H27NSi/c1-7-8-9-10-11-13-14(5,6)12(2,3)4/h7,13H,1,8-11H2,2-6H3. The van der Waals surface area contributed by atoms with E-state index in [1.165, 1.54) is 19.4 Å². The van der Waals surface area contributed by atoms with Gasteiger partial charge in [-0.15, -0.1) is 6.58 Å². The van der Waals surface area contributed by atoms with Crippen LogP contribution in [-0.2, 0) is 0 Å². The lowest BCUT2D eigenvalue weighted by Gasteiger charge is -2.37. The zero-order valence-electron chi connectivity index (χ0n) is 10.6. The van der Waals surface area contributed by atoms with Crippen molar-refractivity contribution in [3.63, 3.8) is 0 Å². The summed E-state index contributed by atoms with van der Waals surface area (Å²) in [5.41, 5.74) is 0. The summed E-state index contributed by atoms with van der Waals surface area (Å²) in [5.74, 6) is 0. The van der Waals surface area contributed by atoms with Gasteiger partial charge >= 0.3 is 0 Å². The first-order valence-electron chi connectivity index (χ1n) is 5.67. The molecule has 0 aliphatic rings. The van der Waals surface area contributed by atoms with Crippen molar-refractivity contribution in [2.45, 2.75) is 58.2 Å². The van der Waals surface area contributed by atoms with Crippen molar-refractivity contribution in [3.05, 3.63) is 12.7 Å². The molecule has 0 rings (SSSR count). The third-order valence-corrected chi connectivity index (χ3v) is 8.16. The number of hydrogen-bond donors (Lipinski definition) is 1. The molecule has 0 atom stereocenters. The van der Waals surface area contributed by atoms with Gasteiger partial charge in [-0.3, -0.25) is 0 Å². The highest BCUT2D eigenvalue weighted by Gasteiger charge is 2.34. The van der Waals surface area contributed by atoms with Crippen molar-refractivity contribution >= 4 is 8.24 Å². The fraction of sp³-hybridized carbons (Fsp3) is 0.833. The van der Waals surface area contributed by atoms with Crippen LogP contribution < -0.4 is 4.98 Å². The summed E-state index contributed by atoms with van der Waals surface area (Å²) in [6.45, 7) is 16.8. The third-order valence-electron chi connectivity index (χ3n) is 3.28. The predicted molar refractivity (Wildman–Crippen MR) is 69.2 cm³/mol. The fourth-order valence-corrected chi connectivity index (χ4v) is 2.41. The lowest BCUT2D eigenvalue weighted by molar-refractivity contribution is 0.658. The van der Waals surface area contributed by atoms with Gasteiger partial charge in [-0.25, -0.2) is 0 Å². The normalized spacial score (nSPS) is 12.9. The van der Waals surface area contributed by atoms with Crippen LogP contribution in [0.5, 0.6) is 0 Å². The predicted octanol–water partition coefficient (Wildman–Crippen LogP) is 3.94. The topological polar surface area (TPSA) is 12.0 Å². The summed E-state index contributed by atoms with van der Waals surface area (Å²) in [5, 5.41) is 0.450. The largest absolute Gasteiger partial charge is 0.337 e. The molecule has 0 aromatic heterocycles. The van der Waals surface area contributed by atoms with Crippen molar-refractivity contribution in [1.82, 2.24) is 4.98 Å². The molecule has 0 saturated heterocycles. The first-order valence-corrected chi connectivity index (χ1v) is 8.67. The summed E-state index contributed by atoms with van der Waals surface area (Å²) in [7, 11) is -1.24. The zero-order chi connectivity index (χ0) is 11.2. The number of allylic oxidation sites excluding steroid dienone is 1. The fourth-order valence-electron chi connectivity index (χ4n) is 1.08. The van der Waals surface area contributed by atoms with Crippen LogP contribution in [-0.4, -0.2) is 14.8 Å². The van der Waals surface area contributed by atoms with Crippen LogP contribution in [0.2, 0.25) is 18.1 Å². The lowest BCUT2D eigenvalue weighted by Crippen LogP contribution is -2.52.